The van der Waals surface area contributed by atoms with Gasteiger partial charge in [-0.15, -0.1) is 0 Å². The Morgan fingerprint density at radius 2 is 1.67 bits per heavy atom. The van der Waals surface area contributed by atoms with E-state index in [0.717, 1.165) is 27.8 Å². The number of sulfonamides is 1. The van der Waals surface area contributed by atoms with Gasteiger partial charge in [0.2, 0.25) is 10.0 Å². The molecule has 6 heteroatoms. The SMILES string of the molecule is Cc1ccc(S(=O)(=O)N2CC3=C(C2)C(c2ccccc2)=CC(OC(=O)C(C)(C)C)C=C3)cc1. The monoisotopic (exact) mass is 463 g/mol. The second-order valence-electron chi connectivity index (χ2n) is 9.52. The van der Waals surface area contributed by atoms with Gasteiger partial charge in [0.15, 0.2) is 0 Å². The summed E-state index contributed by atoms with van der Waals surface area (Å²) in [6, 6.07) is 16.7. The van der Waals surface area contributed by atoms with Crippen molar-refractivity contribution in [3.63, 3.8) is 0 Å². The molecule has 1 aliphatic heterocycles. The summed E-state index contributed by atoms with van der Waals surface area (Å²) in [5, 5.41) is 0. The molecule has 0 spiro atoms. The Bertz CT molecular complexity index is 1250. The first-order chi connectivity index (χ1) is 15.6. The maximum absolute atomic E-state index is 13.3. The van der Waals surface area contributed by atoms with Crippen LogP contribution in [-0.4, -0.2) is 37.9 Å². The molecule has 5 nitrogen and oxygen atoms in total. The molecule has 0 N–H and O–H groups in total. The van der Waals surface area contributed by atoms with Gasteiger partial charge in [-0.05, 0) is 74.3 Å². The van der Waals surface area contributed by atoms with Crippen LogP contribution in [0.2, 0.25) is 0 Å². The highest BCUT2D eigenvalue weighted by Crippen LogP contribution is 2.36. The van der Waals surface area contributed by atoms with Crippen LogP contribution in [0.1, 0.15) is 31.9 Å². The molecular formula is C27H29NO4S. The van der Waals surface area contributed by atoms with Gasteiger partial charge in [0.05, 0.1) is 10.3 Å². The van der Waals surface area contributed by atoms with Gasteiger partial charge in [0.1, 0.15) is 6.10 Å². The van der Waals surface area contributed by atoms with E-state index in [2.05, 4.69) is 0 Å². The lowest BCUT2D eigenvalue weighted by Gasteiger charge is -2.21. The largest absolute Gasteiger partial charge is 0.453 e. The molecule has 1 heterocycles. The van der Waals surface area contributed by atoms with Crippen LogP contribution in [0.15, 0.2) is 88.9 Å². The van der Waals surface area contributed by atoms with Crippen molar-refractivity contribution in [3.05, 3.63) is 95.1 Å². The Kier molecular flexibility index (Phi) is 6.16. The number of carbonyl (C=O) groups excluding carboxylic acids is 1. The molecule has 172 valence electrons. The standard InChI is InChI=1S/C27H29NO4S/c1-19-10-14-23(15-11-19)33(30,31)28-17-21-12-13-22(32-26(29)27(2,3)4)16-24(25(21)18-28)20-8-6-5-7-9-20/h5-16,22H,17-18H2,1-4H3. The molecule has 1 aliphatic carbocycles. The Labute approximate surface area is 196 Å². The van der Waals surface area contributed by atoms with Crippen molar-refractivity contribution in [3.8, 4) is 0 Å². The number of carbonyl (C=O) groups is 1. The van der Waals surface area contributed by atoms with E-state index in [4.69, 9.17) is 4.74 Å². The van der Waals surface area contributed by atoms with Crippen LogP contribution in [0.5, 0.6) is 0 Å². The molecule has 4 rings (SSSR count). The first kappa shape index (κ1) is 23.2. The van der Waals surface area contributed by atoms with Crippen molar-refractivity contribution < 1.29 is 17.9 Å². The molecule has 0 aromatic heterocycles. The summed E-state index contributed by atoms with van der Waals surface area (Å²) in [5.41, 5.74) is 4.09. The maximum atomic E-state index is 13.3. The number of esters is 1. The summed E-state index contributed by atoms with van der Waals surface area (Å²) in [7, 11) is -3.64. The fraction of sp³-hybridized carbons (Fsp3) is 0.296. The number of rotatable bonds is 4. The van der Waals surface area contributed by atoms with Crippen molar-refractivity contribution in [2.45, 2.75) is 38.7 Å². The molecule has 1 unspecified atom stereocenters. The molecule has 0 saturated heterocycles. The fourth-order valence-electron chi connectivity index (χ4n) is 3.85. The normalized spacial score (nSPS) is 19.2. The van der Waals surface area contributed by atoms with Gasteiger partial charge in [0.25, 0.3) is 0 Å². The van der Waals surface area contributed by atoms with Crippen molar-refractivity contribution in [2.75, 3.05) is 13.1 Å². The van der Waals surface area contributed by atoms with Gasteiger partial charge < -0.3 is 4.74 Å². The second-order valence-corrected chi connectivity index (χ2v) is 11.5. The van der Waals surface area contributed by atoms with E-state index >= 15 is 0 Å². The third kappa shape index (κ3) is 4.87. The lowest BCUT2D eigenvalue weighted by molar-refractivity contribution is -0.154. The number of aryl methyl sites for hydroxylation is 1. The summed E-state index contributed by atoms with van der Waals surface area (Å²) in [6.07, 6.45) is 5.11. The number of benzene rings is 2. The smallest absolute Gasteiger partial charge is 0.312 e. The van der Waals surface area contributed by atoms with Crippen molar-refractivity contribution in [1.29, 1.82) is 0 Å². The average molecular weight is 464 g/mol. The van der Waals surface area contributed by atoms with E-state index in [1.165, 1.54) is 4.31 Å². The number of hydrogen-bond donors (Lipinski definition) is 0. The highest BCUT2D eigenvalue weighted by molar-refractivity contribution is 7.89. The Morgan fingerprint density at radius 3 is 2.30 bits per heavy atom. The summed E-state index contributed by atoms with van der Waals surface area (Å²) >= 11 is 0. The molecule has 2 aliphatic rings. The molecule has 0 radical (unpaired) electrons. The van der Waals surface area contributed by atoms with Gasteiger partial charge in [0, 0.05) is 13.1 Å². The quantitative estimate of drug-likeness (QED) is 0.605. The first-order valence-electron chi connectivity index (χ1n) is 11.0. The molecule has 0 bridgehead atoms. The Balaban J connectivity index is 1.68. The van der Waals surface area contributed by atoms with E-state index in [1.807, 2.05) is 88.4 Å². The molecule has 2 aromatic carbocycles. The predicted molar refractivity (Wildman–Crippen MR) is 130 cm³/mol. The molecule has 0 fully saturated rings. The molecular weight excluding hydrogens is 434 g/mol. The molecule has 33 heavy (non-hydrogen) atoms. The van der Waals surface area contributed by atoms with Crippen molar-refractivity contribution in [2.24, 2.45) is 5.41 Å². The maximum Gasteiger partial charge on any atom is 0.312 e. The molecule has 1 atom stereocenters. The molecule has 2 aromatic rings. The highest BCUT2D eigenvalue weighted by atomic mass is 32.2. The number of ether oxygens (including phenoxy) is 1. The average Bonchev–Trinajstić information content (AvgIpc) is 3.13. The zero-order chi connectivity index (χ0) is 23.8. The lowest BCUT2D eigenvalue weighted by Crippen LogP contribution is -2.30. The van der Waals surface area contributed by atoms with E-state index in [0.29, 0.717) is 0 Å². The minimum atomic E-state index is -3.64. The summed E-state index contributed by atoms with van der Waals surface area (Å²) in [6.45, 7) is 7.93. The third-order valence-electron chi connectivity index (χ3n) is 5.81. The highest BCUT2D eigenvalue weighted by Gasteiger charge is 2.34. The van der Waals surface area contributed by atoms with Crippen LogP contribution >= 0.6 is 0 Å². The van der Waals surface area contributed by atoms with Crippen LogP contribution < -0.4 is 0 Å². The first-order valence-corrected chi connectivity index (χ1v) is 12.5. The topological polar surface area (TPSA) is 63.7 Å². The van der Waals surface area contributed by atoms with Gasteiger partial charge in [-0.3, -0.25) is 4.79 Å². The Hall–Kier alpha value is -2.96. The van der Waals surface area contributed by atoms with E-state index in [1.54, 1.807) is 12.1 Å². The van der Waals surface area contributed by atoms with Crippen molar-refractivity contribution in [1.82, 2.24) is 4.31 Å². The summed E-state index contributed by atoms with van der Waals surface area (Å²) < 4.78 is 33.9. The summed E-state index contributed by atoms with van der Waals surface area (Å²) in [4.78, 5) is 12.8. The van der Waals surface area contributed by atoms with E-state index < -0.39 is 21.5 Å². The van der Waals surface area contributed by atoms with Gasteiger partial charge >= 0.3 is 5.97 Å². The van der Waals surface area contributed by atoms with Crippen LogP contribution in [0.3, 0.4) is 0 Å². The predicted octanol–water partition coefficient (Wildman–Crippen LogP) is 4.91. The van der Waals surface area contributed by atoms with E-state index in [-0.39, 0.29) is 24.0 Å². The van der Waals surface area contributed by atoms with Crippen LogP contribution in [-0.2, 0) is 19.6 Å². The van der Waals surface area contributed by atoms with E-state index in [9.17, 15) is 13.2 Å². The number of hydrogen-bond acceptors (Lipinski definition) is 4. The molecule has 0 saturated carbocycles. The minimum Gasteiger partial charge on any atom is -0.453 e. The van der Waals surface area contributed by atoms with Gasteiger partial charge in [-0.25, -0.2) is 8.42 Å². The third-order valence-corrected chi connectivity index (χ3v) is 7.62. The zero-order valence-electron chi connectivity index (χ0n) is 19.4. The van der Waals surface area contributed by atoms with Crippen LogP contribution in [0.25, 0.3) is 5.57 Å². The number of nitrogens with zero attached hydrogens (tertiary/aromatic N) is 1. The second kappa shape index (κ2) is 8.76. The fourth-order valence-corrected chi connectivity index (χ4v) is 5.24. The Morgan fingerprint density at radius 1 is 1.00 bits per heavy atom. The minimum absolute atomic E-state index is 0.260. The van der Waals surface area contributed by atoms with Crippen LogP contribution in [0, 0.1) is 12.3 Å². The zero-order valence-corrected chi connectivity index (χ0v) is 20.2. The molecule has 0 amide bonds. The van der Waals surface area contributed by atoms with Crippen LogP contribution in [0.4, 0.5) is 0 Å². The summed E-state index contributed by atoms with van der Waals surface area (Å²) in [5.74, 6) is -0.286. The van der Waals surface area contributed by atoms with Crippen molar-refractivity contribution >= 4 is 21.6 Å². The van der Waals surface area contributed by atoms with Gasteiger partial charge in [-0.1, -0.05) is 54.1 Å². The lowest BCUT2D eigenvalue weighted by atomic mass is 9.95. The van der Waals surface area contributed by atoms with Gasteiger partial charge in [-0.2, -0.15) is 4.31 Å².